The Labute approximate surface area is 165 Å². The third-order valence-corrected chi connectivity index (χ3v) is 4.68. The second-order valence-electron chi connectivity index (χ2n) is 6.50. The average molecular weight is 406 g/mol. The van der Waals surface area contributed by atoms with Crippen LogP contribution in [0.15, 0.2) is 42.5 Å². The number of non-ortho nitro benzene ring substituents is 1. The number of amides is 2. The first-order chi connectivity index (χ1) is 13.8. The van der Waals surface area contributed by atoms with Crippen LogP contribution in [0, 0.1) is 17.0 Å². The van der Waals surface area contributed by atoms with Gasteiger partial charge >= 0.3 is 12.6 Å². The number of hydrogen-bond donors (Lipinski definition) is 1. The van der Waals surface area contributed by atoms with Gasteiger partial charge in [-0.1, -0.05) is 12.1 Å². The van der Waals surface area contributed by atoms with E-state index in [1.807, 2.05) is 4.90 Å². The summed E-state index contributed by atoms with van der Waals surface area (Å²) in [5.41, 5.74) is 1.69. The molecule has 1 aliphatic heterocycles. The summed E-state index contributed by atoms with van der Waals surface area (Å²) in [5.74, 6) is -0.0853. The van der Waals surface area contributed by atoms with Crippen molar-refractivity contribution in [2.75, 3.05) is 36.4 Å². The minimum Gasteiger partial charge on any atom is -0.433 e. The van der Waals surface area contributed by atoms with Crippen LogP contribution in [0.25, 0.3) is 0 Å². The molecule has 1 N–H and O–H groups in total. The highest BCUT2D eigenvalue weighted by Crippen LogP contribution is 2.30. The number of halogens is 2. The Morgan fingerprint density at radius 3 is 2.38 bits per heavy atom. The highest BCUT2D eigenvalue weighted by atomic mass is 19.3. The van der Waals surface area contributed by atoms with Gasteiger partial charge in [-0.15, -0.1) is 0 Å². The molecule has 0 unspecified atom stereocenters. The SMILES string of the molecule is Cc1cccc(OC(F)F)c1NC(=O)N1CCN(c2ccc([N+](=O)[O-])cc2)CC1. The number of benzene rings is 2. The molecule has 2 aromatic carbocycles. The van der Waals surface area contributed by atoms with E-state index in [1.54, 1.807) is 36.1 Å². The van der Waals surface area contributed by atoms with Crippen LogP contribution in [0.4, 0.5) is 30.6 Å². The highest BCUT2D eigenvalue weighted by Gasteiger charge is 2.23. The standard InChI is InChI=1S/C19H20F2N4O4/c1-13-3-2-4-16(29-18(20)21)17(13)22-19(26)24-11-9-23(10-12-24)14-5-7-15(8-6-14)25(27)28/h2-8,18H,9-12H2,1H3,(H,22,26). The van der Waals surface area contributed by atoms with Crippen molar-refractivity contribution < 1.29 is 23.2 Å². The molecule has 1 fully saturated rings. The van der Waals surface area contributed by atoms with Gasteiger partial charge in [-0.05, 0) is 30.7 Å². The van der Waals surface area contributed by atoms with Crippen LogP contribution in [0.2, 0.25) is 0 Å². The third kappa shape index (κ3) is 4.89. The number of nitrogens with one attached hydrogen (secondary N) is 1. The lowest BCUT2D eigenvalue weighted by molar-refractivity contribution is -0.384. The Bertz CT molecular complexity index is 884. The zero-order valence-electron chi connectivity index (χ0n) is 15.7. The fourth-order valence-corrected chi connectivity index (χ4v) is 3.13. The first-order valence-electron chi connectivity index (χ1n) is 8.95. The molecule has 0 atom stereocenters. The van der Waals surface area contributed by atoms with Crippen molar-refractivity contribution in [3.8, 4) is 5.75 Å². The molecule has 154 valence electrons. The van der Waals surface area contributed by atoms with E-state index in [2.05, 4.69) is 10.1 Å². The number of nitrogens with zero attached hydrogens (tertiary/aromatic N) is 3. The van der Waals surface area contributed by atoms with E-state index in [0.717, 1.165) is 5.69 Å². The summed E-state index contributed by atoms with van der Waals surface area (Å²) in [6.45, 7) is 0.622. The molecule has 0 bridgehead atoms. The zero-order chi connectivity index (χ0) is 21.0. The first-order valence-corrected chi connectivity index (χ1v) is 8.95. The Kier molecular flexibility index (Phi) is 6.10. The van der Waals surface area contributed by atoms with E-state index in [-0.39, 0.29) is 17.1 Å². The number of carbonyl (C=O) groups is 1. The number of ether oxygens (including phenoxy) is 1. The van der Waals surface area contributed by atoms with Crippen LogP contribution >= 0.6 is 0 Å². The molecule has 0 aliphatic carbocycles. The van der Waals surface area contributed by atoms with Crippen molar-refractivity contribution in [2.24, 2.45) is 0 Å². The maximum atomic E-state index is 12.6. The van der Waals surface area contributed by atoms with Gasteiger partial charge in [0, 0.05) is 44.0 Å². The second-order valence-corrected chi connectivity index (χ2v) is 6.50. The summed E-state index contributed by atoms with van der Waals surface area (Å²) in [6.07, 6.45) is 0. The normalized spacial score (nSPS) is 14.1. The number of hydrogen-bond acceptors (Lipinski definition) is 5. The molecule has 10 heteroatoms. The van der Waals surface area contributed by atoms with Gasteiger partial charge in [0.2, 0.25) is 0 Å². The number of alkyl halides is 2. The molecule has 2 amide bonds. The van der Waals surface area contributed by atoms with Gasteiger partial charge in [0.15, 0.2) is 0 Å². The summed E-state index contributed by atoms with van der Waals surface area (Å²) in [4.78, 5) is 26.5. The largest absolute Gasteiger partial charge is 0.433 e. The summed E-state index contributed by atoms with van der Waals surface area (Å²) in [7, 11) is 0. The van der Waals surface area contributed by atoms with Crippen molar-refractivity contribution in [1.29, 1.82) is 0 Å². The lowest BCUT2D eigenvalue weighted by atomic mass is 10.2. The number of para-hydroxylation sites is 1. The average Bonchev–Trinajstić information content (AvgIpc) is 2.70. The van der Waals surface area contributed by atoms with Crippen LogP contribution in [-0.4, -0.2) is 48.6 Å². The van der Waals surface area contributed by atoms with Gasteiger partial charge in [-0.3, -0.25) is 10.1 Å². The molecule has 2 aromatic rings. The van der Waals surface area contributed by atoms with E-state index in [0.29, 0.717) is 31.7 Å². The van der Waals surface area contributed by atoms with Crippen molar-refractivity contribution >= 4 is 23.1 Å². The molecule has 3 rings (SSSR count). The monoisotopic (exact) mass is 406 g/mol. The zero-order valence-corrected chi connectivity index (χ0v) is 15.7. The second kappa shape index (κ2) is 8.72. The minimum atomic E-state index is -2.99. The Morgan fingerprint density at radius 1 is 1.14 bits per heavy atom. The van der Waals surface area contributed by atoms with Crippen molar-refractivity contribution in [1.82, 2.24) is 4.90 Å². The fraction of sp³-hybridized carbons (Fsp3) is 0.316. The summed E-state index contributed by atoms with van der Waals surface area (Å²) in [6, 6.07) is 10.5. The molecule has 0 radical (unpaired) electrons. The van der Waals surface area contributed by atoms with Crippen molar-refractivity contribution in [3.63, 3.8) is 0 Å². The van der Waals surface area contributed by atoms with Crippen LogP contribution in [0.1, 0.15) is 5.56 Å². The van der Waals surface area contributed by atoms with Crippen LogP contribution in [0.5, 0.6) is 5.75 Å². The number of nitro benzene ring substituents is 1. The van der Waals surface area contributed by atoms with Gasteiger partial charge < -0.3 is 19.9 Å². The first kappa shape index (κ1) is 20.3. The Hall–Kier alpha value is -3.43. The summed E-state index contributed by atoms with van der Waals surface area (Å²) < 4.78 is 29.7. The van der Waals surface area contributed by atoms with Crippen molar-refractivity contribution in [3.05, 3.63) is 58.1 Å². The number of aryl methyl sites for hydroxylation is 1. The molecular weight excluding hydrogens is 386 g/mol. The molecule has 29 heavy (non-hydrogen) atoms. The number of piperazine rings is 1. The number of anilines is 2. The molecule has 1 heterocycles. The lowest BCUT2D eigenvalue weighted by Crippen LogP contribution is -2.50. The number of carbonyl (C=O) groups excluding carboxylic acids is 1. The molecule has 0 aromatic heterocycles. The molecular formula is C19H20F2N4O4. The summed E-state index contributed by atoms with van der Waals surface area (Å²) in [5, 5.41) is 13.4. The quantitative estimate of drug-likeness (QED) is 0.602. The van der Waals surface area contributed by atoms with Gasteiger partial charge in [0.05, 0.1) is 10.6 Å². The predicted molar refractivity (Wildman–Crippen MR) is 104 cm³/mol. The number of rotatable bonds is 5. The summed E-state index contributed by atoms with van der Waals surface area (Å²) >= 11 is 0. The maximum absolute atomic E-state index is 12.6. The molecule has 0 saturated carbocycles. The maximum Gasteiger partial charge on any atom is 0.387 e. The number of nitro groups is 1. The van der Waals surface area contributed by atoms with Gasteiger partial charge in [-0.25, -0.2) is 4.79 Å². The predicted octanol–water partition coefficient (Wildman–Crippen LogP) is 3.86. The Balaban J connectivity index is 1.61. The molecule has 1 aliphatic rings. The molecule has 1 saturated heterocycles. The topological polar surface area (TPSA) is 88.0 Å². The minimum absolute atomic E-state index is 0.0202. The van der Waals surface area contributed by atoms with E-state index in [4.69, 9.17) is 0 Å². The number of urea groups is 1. The highest BCUT2D eigenvalue weighted by molar-refractivity contribution is 5.92. The fourth-order valence-electron chi connectivity index (χ4n) is 3.13. The van der Waals surface area contributed by atoms with Crippen LogP contribution < -0.4 is 15.0 Å². The van der Waals surface area contributed by atoms with Gasteiger partial charge in [-0.2, -0.15) is 8.78 Å². The third-order valence-electron chi connectivity index (χ3n) is 4.68. The molecule has 8 nitrogen and oxygen atoms in total. The lowest BCUT2D eigenvalue weighted by Gasteiger charge is -2.36. The molecule has 0 spiro atoms. The van der Waals surface area contributed by atoms with E-state index < -0.39 is 17.6 Å². The van der Waals surface area contributed by atoms with Gasteiger partial charge in [0.1, 0.15) is 5.75 Å². The van der Waals surface area contributed by atoms with Crippen molar-refractivity contribution in [2.45, 2.75) is 13.5 Å². The van der Waals surface area contributed by atoms with E-state index >= 15 is 0 Å². The smallest absolute Gasteiger partial charge is 0.387 e. The Morgan fingerprint density at radius 2 is 1.79 bits per heavy atom. The van der Waals surface area contributed by atoms with Crippen LogP contribution in [0.3, 0.4) is 0 Å². The van der Waals surface area contributed by atoms with E-state index in [1.165, 1.54) is 18.2 Å². The van der Waals surface area contributed by atoms with E-state index in [9.17, 15) is 23.7 Å². The van der Waals surface area contributed by atoms with Gasteiger partial charge in [0.25, 0.3) is 5.69 Å². The van der Waals surface area contributed by atoms with Crippen LogP contribution in [-0.2, 0) is 0 Å².